The van der Waals surface area contributed by atoms with E-state index in [1.807, 2.05) is 9.80 Å². The van der Waals surface area contributed by atoms with E-state index < -0.39 is 0 Å². The number of nitrogens with one attached hydrogen (secondary N) is 1. The molecule has 0 aliphatic carbocycles. The van der Waals surface area contributed by atoms with Crippen LogP contribution in [0.5, 0.6) is 0 Å². The maximum absolute atomic E-state index is 12.2. The lowest BCUT2D eigenvalue weighted by Crippen LogP contribution is -2.57. The predicted molar refractivity (Wildman–Crippen MR) is 78.3 cm³/mol. The maximum atomic E-state index is 12.2. The van der Waals surface area contributed by atoms with Crippen molar-refractivity contribution in [3.05, 3.63) is 0 Å². The molecule has 0 bridgehead atoms. The number of hydrogen-bond acceptors (Lipinski definition) is 3. The molecule has 2 heterocycles. The van der Waals surface area contributed by atoms with Crippen molar-refractivity contribution < 1.29 is 9.59 Å². The lowest BCUT2D eigenvalue weighted by atomic mass is 10.0. The molecule has 2 aliphatic rings. The molecule has 114 valence electrons. The zero-order chi connectivity index (χ0) is 14.5. The van der Waals surface area contributed by atoms with Gasteiger partial charge < -0.3 is 15.1 Å². The minimum absolute atomic E-state index is 0.178. The summed E-state index contributed by atoms with van der Waals surface area (Å²) in [5.74, 6) is 0.998. The van der Waals surface area contributed by atoms with Crippen LogP contribution in [-0.2, 0) is 9.59 Å². The molecule has 0 aromatic rings. The van der Waals surface area contributed by atoms with Crippen LogP contribution in [-0.4, -0.2) is 60.4 Å². The van der Waals surface area contributed by atoms with Crippen molar-refractivity contribution >= 4 is 11.8 Å². The van der Waals surface area contributed by atoms with Gasteiger partial charge in [-0.25, -0.2) is 0 Å². The first-order chi connectivity index (χ1) is 9.58. The summed E-state index contributed by atoms with van der Waals surface area (Å²) in [6.07, 6.45) is 3.63. The van der Waals surface area contributed by atoms with Crippen molar-refractivity contribution in [2.24, 2.45) is 5.92 Å². The summed E-state index contributed by atoms with van der Waals surface area (Å²) in [4.78, 5) is 28.1. The Morgan fingerprint density at radius 3 is 2.90 bits per heavy atom. The summed E-state index contributed by atoms with van der Waals surface area (Å²) in [5.41, 5.74) is 0. The Hall–Kier alpha value is -1.10. The van der Waals surface area contributed by atoms with Crippen molar-refractivity contribution in [2.45, 2.75) is 45.6 Å². The average molecular weight is 281 g/mol. The third-order valence-corrected chi connectivity index (χ3v) is 4.25. The second-order valence-electron chi connectivity index (χ2n) is 6.33. The van der Waals surface area contributed by atoms with Crippen LogP contribution in [0.4, 0.5) is 0 Å². The molecule has 5 heteroatoms. The van der Waals surface area contributed by atoms with Crippen LogP contribution in [0.25, 0.3) is 0 Å². The molecule has 0 saturated carbocycles. The highest BCUT2D eigenvalue weighted by molar-refractivity contribution is 5.80. The highest BCUT2D eigenvalue weighted by Gasteiger charge is 2.31. The van der Waals surface area contributed by atoms with E-state index in [0.29, 0.717) is 18.9 Å². The topological polar surface area (TPSA) is 52.7 Å². The Labute approximate surface area is 121 Å². The molecule has 2 aliphatic heterocycles. The molecule has 0 radical (unpaired) electrons. The predicted octanol–water partition coefficient (Wildman–Crippen LogP) is 0.845. The summed E-state index contributed by atoms with van der Waals surface area (Å²) in [5, 5.41) is 3.10. The van der Waals surface area contributed by atoms with Crippen LogP contribution < -0.4 is 5.32 Å². The highest BCUT2D eigenvalue weighted by atomic mass is 16.2. The van der Waals surface area contributed by atoms with E-state index in [9.17, 15) is 9.59 Å². The van der Waals surface area contributed by atoms with Crippen molar-refractivity contribution in [3.63, 3.8) is 0 Å². The molecule has 20 heavy (non-hydrogen) atoms. The number of nitrogens with zero attached hydrogens (tertiary/aromatic N) is 2. The van der Waals surface area contributed by atoms with E-state index in [1.54, 1.807) is 0 Å². The minimum Gasteiger partial charge on any atom is -0.341 e. The third-order valence-electron chi connectivity index (χ3n) is 4.25. The lowest BCUT2D eigenvalue weighted by Gasteiger charge is -2.41. The molecular formula is C15H27N3O2. The van der Waals surface area contributed by atoms with E-state index >= 15 is 0 Å². The fraction of sp³-hybridized carbons (Fsp3) is 0.867. The van der Waals surface area contributed by atoms with Crippen LogP contribution in [0.2, 0.25) is 0 Å². The van der Waals surface area contributed by atoms with E-state index in [-0.39, 0.29) is 17.9 Å². The molecule has 1 unspecified atom stereocenters. The third kappa shape index (κ3) is 3.95. The molecule has 0 spiro atoms. The van der Waals surface area contributed by atoms with E-state index in [2.05, 4.69) is 19.2 Å². The molecule has 0 aromatic heterocycles. The number of rotatable bonds is 4. The average Bonchev–Trinajstić information content (AvgIpc) is 2.45. The van der Waals surface area contributed by atoms with Crippen LogP contribution in [0, 0.1) is 5.92 Å². The molecule has 0 aromatic carbocycles. The molecule has 5 nitrogen and oxygen atoms in total. The monoisotopic (exact) mass is 281 g/mol. The molecule has 1 N–H and O–H groups in total. The number of carbonyl (C=O) groups excluding carboxylic acids is 2. The molecule has 2 fully saturated rings. The van der Waals surface area contributed by atoms with Gasteiger partial charge in [0.2, 0.25) is 11.8 Å². The smallest absolute Gasteiger partial charge is 0.236 e. The molecule has 2 amide bonds. The van der Waals surface area contributed by atoms with Gasteiger partial charge in [0.15, 0.2) is 0 Å². The first-order valence-corrected chi connectivity index (χ1v) is 7.86. The molecule has 1 atom stereocenters. The number of likely N-dealkylation sites (tertiary alicyclic amines) is 1. The van der Waals surface area contributed by atoms with Crippen LogP contribution in [0.1, 0.15) is 39.5 Å². The van der Waals surface area contributed by atoms with Crippen LogP contribution >= 0.6 is 0 Å². The van der Waals surface area contributed by atoms with Crippen LogP contribution in [0.15, 0.2) is 0 Å². The van der Waals surface area contributed by atoms with Gasteiger partial charge in [-0.15, -0.1) is 0 Å². The zero-order valence-electron chi connectivity index (χ0n) is 12.7. The van der Waals surface area contributed by atoms with E-state index in [1.165, 1.54) is 0 Å². The number of piperidine rings is 1. The normalized spacial score (nSPS) is 24.4. The fourth-order valence-corrected chi connectivity index (χ4v) is 3.01. The minimum atomic E-state index is 0.178. The molecular weight excluding hydrogens is 254 g/mol. The van der Waals surface area contributed by atoms with Gasteiger partial charge in [-0.05, 0) is 25.2 Å². The van der Waals surface area contributed by atoms with E-state index in [4.69, 9.17) is 0 Å². The number of carbonyl (C=O) groups is 2. The number of amides is 2. The molecule has 2 saturated heterocycles. The van der Waals surface area contributed by atoms with Gasteiger partial charge in [0.25, 0.3) is 0 Å². The Bertz CT molecular complexity index is 357. The maximum Gasteiger partial charge on any atom is 0.236 e. The second-order valence-corrected chi connectivity index (χ2v) is 6.33. The summed E-state index contributed by atoms with van der Waals surface area (Å²) >= 11 is 0. The number of hydrogen-bond donors (Lipinski definition) is 1. The zero-order valence-corrected chi connectivity index (χ0v) is 12.7. The van der Waals surface area contributed by atoms with Gasteiger partial charge in [-0.1, -0.05) is 13.8 Å². The van der Waals surface area contributed by atoms with Crippen LogP contribution in [0.3, 0.4) is 0 Å². The Morgan fingerprint density at radius 1 is 1.40 bits per heavy atom. The SMILES string of the molecule is CC(C)CCC(=O)N1CCCC(N2CCNCC2=O)C1. The van der Waals surface area contributed by atoms with Gasteiger partial charge in [0, 0.05) is 38.6 Å². The van der Waals surface area contributed by atoms with Gasteiger partial charge in [0.1, 0.15) is 0 Å². The summed E-state index contributed by atoms with van der Waals surface area (Å²) in [7, 11) is 0. The Morgan fingerprint density at radius 2 is 2.20 bits per heavy atom. The standard InChI is InChI=1S/C15H27N3O2/c1-12(2)5-6-14(19)17-8-3-4-13(11-17)18-9-7-16-10-15(18)20/h12-13,16H,3-11H2,1-2H3. The first-order valence-electron chi connectivity index (χ1n) is 7.86. The van der Waals surface area contributed by atoms with Gasteiger partial charge in [-0.3, -0.25) is 9.59 Å². The first kappa shape index (κ1) is 15.3. The van der Waals surface area contributed by atoms with Gasteiger partial charge in [0.05, 0.1) is 6.54 Å². The largest absolute Gasteiger partial charge is 0.341 e. The molecule has 2 rings (SSSR count). The number of piperazine rings is 1. The van der Waals surface area contributed by atoms with E-state index in [0.717, 1.165) is 45.4 Å². The lowest BCUT2D eigenvalue weighted by molar-refractivity contribution is -0.140. The Kier molecular flexibility index (Phi) is 5.40. The fourth-order valence-electron chi connectivity index (χ4n) is 3.01. The van der Waals surface area contributed by atoms with Crippen molar-refractivity contribution in [2.75, 3.05) is 32.7 Å². The van der Waals surface area contributed by atoms with Gasteiger partial charge in [-0.2, -0.15) is 0 Å². The summed E-state index contributed by atoms with van der Waals surface area (Å²) < 4.78 is 0. The Balaban J connectivity index is 1.87. The van der Waals surface area contributed by atoms with Gasteiger partial charge >= 0.3 is 0 Å². The summed E-state index contributed by atoms with van der Waals surface area (Å²) in [6, 6.07) is 0.223. The summed E-state index contributed by atoms with van der Waals surface area (Å²) in [6.45, 7) is 7.95. The van der Waals surface area contributed by atoms with Crippen molar-refractivity contribution in [1.29, 1.82) is 0 Å². The van der Waals surface area contributed by atoms with Crippen molar-refractivity contribution in [3.8, 4) is 0 Å². The quantitative estimate of drug-likeness (QED) is 0.831. The second kappa shape index (κ2) is 7.07. The van der Waals surface area contributed by atoms with Crippen molar-refractivity contribution in [1.82, 2.24) is 15.1 Å². The highest BCUT2D eigenvalue weighted by Crippen LogP contribution is 2.18.